The van der Waals surface area contributed by atoms with E-state index in [1.165, 1.54) is 0 Å². The molecule has 1 aromatic rings. The Labute approximate surface area is 213 Å². The summed E-state index contributed by atoms with van der Waals surface area (Å²) in [5, 5.41) is 5.08. The Balaban J connectivity index is 2.57. The van der Waals surface area contributed by atoms with Crippen LogP contribution in [-0.4, -0.2) is 54.7 Å². The Kier molecular flexibility index (Phi) is 11.7. The number of benzene rings is 1. The molecule has 0 saturated heterocycles. The third kappa shape index (κ3) is 13.6. The lowest BCUT2D eigenvalue weighted by Crippen LogP contribution is -2.45. The molecule has 0 radical (unpaired) electrons. The number of nitrogens with one attached hydrogen (secondary N) is 2. The van der Waals surface area contributed by atoms with Crippen LogP contribution < -0.4 is 10.6 Å². The zero-order chi connectivity index (χ0) is 27.5. The van der Waals surface area contributed by atoms with E-state index in [2.05, 4.69) is 10.6 Å². The standard InChI is InChI=1S/C26H40N2O8/c1-17-11-12-19(14-18(17)2)15-20(28-24(32)36-26(6,7)8)22(30)34-16-33-21(29)10-9-13-27-23(31)35-25(3,4)5/h11-12,14,20H,9-10,13,15-16H2,1-8H3,(H,27,31)(H,28,32)/t20-/m0/s1. The molecule has 10 nitrogen and oxygen atoms in total. The number of aryl methyl sites for hydroxylation is 2. The normalized spacial score (nSPS) is 12.2. The van der Waals surface area contributed by atoms with Crippen molar-refractivity contribution in [2.45, 2.75) is 91.9 Å². The predicted octanol–water partition coefficient (Wildman–Crippen LogP) is 4.09. The maximum Gasteiger partial charge on any atom is 0.408 e. The molecule has 1 atom stereocenters. The number of amides is 2. The van der Waals surface area contributed by atoms with Crippen LogP contribution in [0.4, 0.5) is 9.59 Å². The van der Waals surface area contributed by atoms with Gasteiger partial charge in [0.2, 0.25) is 6.79 Å². The third-order valence-electron chi connectivity index (χ3n) is 4.63. The summed E-state index contributed by atoms with van der Waals surface area (Å²) in [6.45, 7) is 13.9. The lowest BCUT2D eigenvalue weighted by Gasteiger charge is -2.23. The van der Waals surface area contributed by atoms with Crippen molar-refractivity contribution in [3.8, 4) is 0 Å². The van der Waals surface area contributed by atoms with Gasteiger partial charge in [0.25, 0.3) is 0 Å². The first-order valence-electron chi connectivity index (χ1n) is 11.9. The van der Waals surface area contributed by atoms with E-state index in [4.69, 9.17) is 18.9 Å². The molecule has 0 aliphatic carbocycles. The van der Waals surface area contributed by atoms with Gasteiger partial charge in [-0.2, -0.15) is 0 Å². The minimum atomic E-state index is -1.04. The summed E-state index contributed by atoms with van der Waals surface area (Å²) in [6, 6.07) is 4.68. The fourth-order valence-electron chi connectivity index (χ4n) is 2.87. The molecule has 0 aliphatic rings. The number of esters is 2. The Bertz CT molecular complexity index is 915. The molecule has 36 heavy (non-hydrogen) atoms. The molecule has 0 saturated carbocycles. The minimum Gasteiger partial charge on any atom is -0.444 e. The Morgan fingerprint density at radius 3 is 2.06 bits per heavy atom. The first-order valence-corrected chi connectivity index (χ1v) is 11.9. The van der Waals surface area contributed by atoms with Gasteiger partial charge < -0.3 is 29.6 Å². The van der Waals surface area contributed by atoms with E-state index in [1.807, 2.05) is 32.0 Å². The van der Waals surface area contributed by atoms with Gasteiger partial charge in [0.1, 0.15) is 17.2 Å². The molecule has 1 aromatic carbocycles. The molecule has 0 aromatic heterocycles. The van der Waals surface area contributed by atoms with E-state index >= 15 is 0 Å². The van der Waals surface area contributed by atoms with Crippen molar-refractivity contribution in [1.82, 2.24) is 10.6 Å². The van der Waals surface area contributed by atoms with Gasteiger partial charge in [0, 0.05) is 19.4 Å². The fraction of sp³-hybridized carbons (Fsp3) is 0.615. The Hall–Kier alpha value is -3.30. The summed E-state index contributed by atoms with van der Waals surface area (Å²) in [4.78, 5) is 48.5. The van der Waals surface area contributed by atoms with Gasteiger partial charge in [-0.25, -0.2) is 14.4 Å². The van der Waals surface area contributed by atoms with Gasteiger partial charge in [0.15, 0.2) is 0 Å². The van der Waals surface area contributed by atoms with Crippen LogP contribution >= 0.6 is 0 Å². The Morgan fingerprint density at radius 2 is 1.47 bits per heavy atom. The fourth-order valence-corrected chi connectivity index (χ4v) is 2.87. The van der Waals surface area contributed by atoms with Crippen LogP contribution in [0.1, 0.15) is 71.1 Å². The molecular formula is C26H40N2O8. The molecular weight excluding hydrogens is 468 g/mol. The van der Waals surface area contributed by atoms with Crippen LogP contribution in [0.3, 0.4) is 0 Å². The van der Waals surface area contributed by atoms with E-state index in [1.54, 1.807) is 41.5 Å². The molecule has 2 amide bonds. The number of hydrogen-bond donors (Lipinski definition) is 2. The van der Waals surface area contributed by atoms with Gasteiger partial charge in [-0.05, 0) is 78.5 Å². The summed E-state index contributed by atoms with van der Waals surface area (Å²) in [5.41, 5.74) is 1.62. The zero-order valence-electron chi connectivity index (χ0n) is 22.6. The highest BCUT2D eigenvalue weighted by atomic mass is 16.7. The smallest absolute Gasteiger partial charge is 0.408 e. The number of alkyl carbamates (subject to hydrolysis) is 2. The molecule has 0 spiro atoms. The monoisotopic (exact) mass is 508 g/mol. The lowest BCUT2D eigenvalue weighted by atomic mass is 10.0. The van der Waals surface area contributed by atoms with Crippen molar-refractivity contribution in [1.29, 1.82) is 0 Å². The summed E-state index contributed by atoms with van der Waals surface area (Å²) in [6.07, 6.45) is -0.833. The van der Waals surface area contributed by atoms with Crippen LogP contribution in [0.2, 0.25) is 0 Å². The van der Waals surface area contributed by atoms with E-state index in [9.17, 15) is 19.2 Å². The molecule has 2 N–H and O–H groups in total. The van der Waals surface area contributed by atoms with E-state index in [0.717, 1.165) is 16.7 Å². The molecule has 0 aliphatic heterocycles. The van der Waals surface area contributed by atoms with E-state index in [0.29, 0.717) is 6.42 Å². The predicted molar refractivity (Wildman–Crippen MR) is 133 cm³/mol. The zero-order valence-corrected chi connectivity index (χ0v) is 22.6. The third-order valence-corrected chi connectivity index (χ3v) is 4.63. The van der Waals surface area contributed by atoms with Crippen molar-refractivity contribution >= 4 is 24.1 Å². The first kappa shape index (κ1) is 30.7. The molecule has 0 heterocycles. The number of carbonyl (C=O) groups excluding carboxylic acids is 4. The van der Waals surface area contributed by atoms with Crippen LogP contribution in [-0.2, 0) is 35.0 Å². The van der Waals surface area contributed by atoms with Crippen LogP contribution in [0, 0.1) is 13.8 Å². The van der Waals surface area contributed by atoms with Crippen LogP contribution in [0.25, 0.3) is 0 Å². The van der Waals surface area contributed by atoms with Gasteiger partial charge in [0.05, 0.1) is 0 Å². The number of rotatable bonds is 10. The van der Waals surface area contributed by atoms with Crippen LogP contribution in [0.15, 0.2) is 18.2 Å². The second-order valence-electron chi connectivity index (χ2n) is 10.5. The summed E-state index contributed by atoms with van der Waals surface area (Å²) in [7, 11) is 0. The van der Waals surface area contributed by atoms with Gasteiger partial charge in [-0.1, -0.05) is 18.2 Å². The summed E-state index contributed by atoms with van der Waals surface area (Å²) < 4.78 is 20.4. The molecule has 0 bridgehead atoms. The maximum atomic E-state index is 12.7. The highest BCUT2D eigenvalue weighted by Crippen LogP contribution is 2.13. The highest BCUT2D eigenvalue weighted by molar-refractivity contribution is 5.82. The SMILES string of the molecule is Cc1ccc(C[C@H](NC(=O)OC(C)(C)C)C(=O)OCOC(=O)CCCNC(=O)OC(C)(C)C)cc1C. The number of hydrogen-bond acceptors (Lipinski definition) is 8. The van der Waals surface area contributed by atoms with E-state index < -0.39 is 48.2 Å². The Morgan fingerprint density at radius 1 is 0.861 bits per heavy atom. The van der Waals surface area contributed by atoms with Gasteiger partial charge in [-0.3, -0.25) is 4.79 Å². The van der Waals surface area contributed by atoms with Crippen LogP contribution in [0.5, 0.6) is 0 Å². The van der Waals surface area contributed by atoms with Crippen molar-refractivity contribution in [2.75, 3.05) is 13.3 Å². The minimum absolute atomic E-state index is 0.00950. The van der Waals surface area contributed by atoms with Crippen molar-refractivity contribution in [2.24, 2.45) is 0 Å². The number of carbonyl (C=O) groups is 4. The average molecular weight is 509 g/mol. The van der Waals surface area contributed by atoms with Gasteiger partial charge >= 0.3 is 24.1 Å². The molecule has 0 fully saturated rings. The second kappa shape index (κ2) is 13.7. The first-order chi connectivity index (χ1) is 16.6. The quantitative estimate of drug-likeness (QED) is 0.209. The maximum absolute atomic E-state index is 12.7. The lowest BCUT2D eigenvalue weighted by molar-refractivity contribution is -0.168. The highest BCUT2D eigenvalue weighted by Gasteiger charge is 2.26. The van der Waals surface area contributed by atoms with Crippen molar-refractivity contribution in [3.05, 3.63) is 34.9 Å². The average Bonchev–Trinajstić information content (AvgIpc) is 2.70. The van der Waals surface area contributed by atoms with Crippen molar-refractivity contribution < 1.29 is 38.1 Å². The van der Waals surface area contributed by atoms with Crippen molar-refractivity contribution in [3.63, 3.8) is 0 Å². The molecule has 202 valence electrons. The topological polar surface area (TPSA) is 129 Å². The van der Waals surface area contributed by atoms with E-state index in [-0.39, 0.29) is 19.4 Å². The largest absolute Gasteiger partial charge is 0.444 e. The molecule has 0 unspecified atom stereocenters. The van der Waals surface area contributed by atoms with Gasteiger partial charge in [-0.15, -0.1) is 0 Å². The molecule has 10 heteroatoms. The summed E-state index contributed by atoms with van der Waals surface area (Å²) in [5.74, 6) is -1.36. The molecule has 1 rings (SSSR count). The summed E-state index contributed by atoms with van der Waals surface area (Å²) >= 11 is 0. The number of ether oxygens (including phenoxy) is 4. The second-order valence-corrected chi connectivity index (χ2v) is 10.5.